The van der Waals surface area contributed by atoms with Crippen LogP contribution >= 0.6 is 0 Å². The molecular formula is C17H27NO5S. The van der Waals surface area contributed by atoms with Gasteiger partial charge in [0.05, 0.1) is 11.8 Å². The third-order valence-corrected chi connectivity index (χ3v) is 5.10. The van der Waals surface area contributed by atoms with Gasteiger partial charge >= 0.3 is 6.09 Å². The smallest absolute Gasteiger partial charge is 0.424 e. The number of aliphatic hydroxyl groups excluding tert-OH is 1. The van der Waals surface area contributed by atoms with Crippen molar-refractivity contribution in [3.05, 3.63) is 35.9 Å². The highest BCUT2D eigenvalue weighted by Gasteiger charge is 2.37. The molecule has 6 nitrogen and oxygen atoms in total. The molecule has 1 aromatic rings. The minimum atomic E-state index is -3.92. The van der Waals surface area contributed by atoms with Gasteiger partial charge in [-0.3, -0.25) is 0 Å². The Morgan fingerprint density at radius 1 is 1.25 bits per heavy atom. The van der Waals surface area contributed by atoms with Crippen LogP contribution in [0.2, 0.25) is 0 Å². The summed E-state index contributed by atoms with van der Waals surface area (Å²) in [6, 6.07) is 8.34. The molecule has 1 rings (SSSR count). The predicted octanol–water partition coefficient (Wildman–Crippen LogP) is 3.09. The second-order valence-corrected chi connectivity index (χ2v) is 8.47. The van der Waals surface area contributed by atoms with Crippen LogP contribution in [0.25, 0.3) is 0 Å². The topological polar surface area (TPSA) is 83.9 Å². The van der Waals surface area contributed by atoms with Crippen molar-refractivity contribution in [1.29, 1.82) is 0 Å². The van der Waals surface area contributed by atoms with Gasteiger partial charge in [0.25, 0.3) is 0 Å². The SMILES string of the molecule is CC[C@H](c1ccccc1)N(C(=O)OC(C)(C)C)S(=O)(=O)CCCO. The summed E-state index contributed by atoms with van der Waals surface area (Å²) < 4.78 is 31.5. The maximum Gasteiger partial charge on any atom is 0.424 e. The zero-order valence-electron chi connectivity index (χ0n) is 14.7. The van der Waals surface area contributed by atoms with Gasteiger partial charge in [0.1, 0.15) is 5.60 Å². The first-order chi connectivity index (χ1) is 11.1. The van der Waals surface area contributed by atoms with Crippen LogP contribution in [0.3, 0.4) is 0 Å². The highest BCUT2D eigenvalue weighted by molar-refractivity contribution is 7.89. The molecule has 0 aromatic heterocycles. The number of carbonyl (C=O) groups excluding carboxylic acids is 1. The molecular weight excluding hydrogens is 330 g/mol. The second-order valence-electron chi connectivity index (χ2n) is 6.50. The third-order valence-electron chi connectivity index (χ3n) is 3.29. The molecule has 0 bridgehead atoms. The molecule has 0 saturated heterocycles. The molecule has 0 saturated carbocycles. The monoisotopic (exact) mass is 357 g/mol. The highest BCUT2D eigenvalue weighted by atomic mass is 32.2. The van der Waals surface area contributed by atoms with Crippen LogP contribution < -0.4 is 0 Å². The molecule has 0 aliphatic rings. The van der Waals surface area contributed by atoms with E-state index in [-0.39, 0.29) is 18.8 Å². The summed E-state index contributed by atoms with van der Waals surface area (Å²) >= 11 is 0. The number of benzene rings is 1. The van der Waals surface area contributed by atoms with Crippen LogP contribution in [-0.2, 0) is 14.8 Å². The maximum absolute atomic E-state index is 12.7. The minimum Gasteiger partial charge on any atom is -0.443 e. The number of ether oxygens (including phenoxy) is 1. The molecule has 0 unspecified atom stereocenters. The van der Waals surface area contributed by atoms with E-state index in [1.54, 1.807) is 45.0 Å². The predicted molar refractivity (Wildman–Crippen MR) is 93.0 cm³/mol. The molecule has 0 aliphatic heterocycles. The van der Waals surface area contributed by atoms with E-state index in [0.717, 1.165) is 9.87 Å². The van der Waals surface area contributed by atoms with Gasteiger partial charge in [-0.1, -0.05) is 37.3 Å². The normalized spacial score (nSPS) is 13.4. The lowest BCUT2D eigenvalue weighted by molar-refractivity contribution is 0.0333. The molecule has 1 atom stereocenters. The Morgan fingerprint density at radius 3 is 2.29 bits per heavy atom. The summed E-state index contributed by atoms with van der Waals surface area (Å²) in [5, 5.41) is 8.95. The lowest BCUT2D eigenvalue weighted by Gasteiger charge is -2.32. The first-order valence-corrected chi connectivity index (χ1v) is 9.64. The summed E-state index contributed by atoms with van der Waals surface area (Å²) in [6.07, 6.45) is -0.412. The van der Waals surface area contributed by atoms with Crippen molar-refractivity contribution in [2.24, 2.45) is 0 Å². The fraction of sp³-hybridized carbons (Fsp3) is 0.588. The van der Waals surface area contributed by atoms with Crippen LogP contribution in [0.15, 0.2) is 30.3 Å². The number of hydrogen-bond acceptors (Lipinski definition) is 5. The Bertz CT molecular complexity index is 622. The average Bonchev–Trinajstić information content (AvgIpc) is 2.49. The number of amides is 1. The first-order valence-electron chi connectivity index (χ1n) is 8.03. The fourth-order valence-corrected chi connectivity index (χ4v) is 3.91. The van der Waals surface area contributed by atoms with Crippen LogP contribution in [0.1, 0.15) is 52.1 Å². The van der Waals surface area contributed by atoms with Gasteiger partial charge in [0.2, 0.25) is 10.0 Å². The van der Waals surface area contributed by atoms with E-state index in [9.17, 15) is 13.2 Å². The Labute approximate surface area is 144 Å². The van der Waals surface area contributed by atoms with Gasteiger partial charge in [-0.25, -0.2) is 13.2 Å². The van der Waals surface area contributed by atoms with Gasteiger partial charge in [-0.2, -0.15) is 4.31 Å². The molecule has 0 heterocycles. The Balaban J connectivity index is 3.28. The Hall–Kier alpha value is -1.60. The Morgan fingerprint density at radius 2 is 1.83 bits per heavy atom. The molecule has 1 amide bonds. The molecule has 0 radical (unpaired) electrons. The number of carbonyl (C=O) groups is 1. The largest absolute Gasteiger partial charge is 0.443 e. The molecule has 136 valence electrons. The van der Waals surface area contributed by atoms with Gasteiger partial charge in [-0.15, -0.1) is 0 Å². The second kappa shape index (κ2) is 8.48. The van der Waals surface area contributed by atoms with Crippen LogP contribution in [0, 0.1) is 0 Å². The van der Waals surface area contributed by atoms with E-state index in [2.05, 4.69) is 0 Å². The minimum absolute atomic E-state index is 0.0624. The van der Waals surface area contributed by atoms with E-state index in [4.69, 9.17) is 9.84 Å². The lowest BCUT2D eigenvalue weighted by Crippen LogP contribution is -2.44. The molecule has 1 aromatic carbocycles. The summed E-state index contributed by atoms with van der Waals surface area (Å²) in [5.74, 6) is -0.313. The van der Waals surface area contributed by atoms with Crippen molar-refractivity contribution in [2.45, 2.75) is 52.2 Å². The van der Waals surface area contributed by atoms with Crippen molar-refractivity contribution in [2.75, 3.05) is 12.4 Å². The molecule has 24 heavy (non-hydrogen) atoms. The zero-order chi connectivity index (χ0) is 18.4. The summed E-state index contributed by atoms with van der Waals surface area (Å²) in [7, 11) is -3.92. The highest BCUT2D eigenvalue weighted by Crippen LogP contribution is 2.29. The summed E-state index contributed by atoms with van der Waals surface area (Å²) in [6.45, 7) is 6.62. The van der Waals surface area contributed by atoms with Gasteiger partial charge in [0, 0.05) is 6.61 Å². The van der Waals surface area contributed by atoms with Gasteiger partial charge < -0.3 is 9.84 Å². The number of rotatable bonds is 7. The lowest BCUT2D eigenvalue weighted by atomic mass is 10.1. The van der Waals surface area contributed by atoms with E-state index in [1.165, 1.54) is 0 Å². The average molecular weight is 357 g/mol. The maximum atomic E-state index is 12.7. The summed E-state index contributed by atoms with van der Waals surface area (Å²) in [5.41, 5.74) is -0.0879. The molecule has 1 N–H and O–H groups in total. The molecule has 0 spiro atoms. The zero-order valence-corrected chi connectivity index (χ0v) is 15.5. The quantitative estimate of drug-likeness (QED) is 0.811. The molecule has 0 fully saturated rings. The van der Waals surface area contributed by atoms with E-state index >= 15 is 0 Å². The first kappa shape index (κ1) is 20.4. The van der Waals surface area contributed by atoms with E-state index in [1.807, 2.05) is 13.0 Å². The van der Waals surface area contributed by atoms with Crippen molar-refractivity contribution in [3.63, 3.8) is 0 Å². The van der Waals surface area contributed by atoms with Crippen molar-refractivity contribution in [3.8, 4) is 0 Å². The Kier molecular flexibility index (Phi) is 7.23. The number of hydrogen-bond donors (Lipinski definition) is 1. The van der Waals surface area contributed by atoms with Crippen LogP contribution in [0.5, 0.6) is 0 Å². The van der Waals surface area contributed by atoms with Crippen LogP contribution in [0.4, 0.5) is 4.79 Å². The van der Waals surface area contributed by atoms with Crippen molar-refractivity contribution in [1.82, 2.24) is 4.31 Å². The third kappa shape index (κ3) is 5.79. The number of nitrogens with zero attached hydrogens (tertiary/aromatic N) is 1. The fourth-order valence-electron chi connectivity index (χ4n) is 2.30. The van der Waals surface area contributed by atoms with Crippen molar-refractivity contribution >= 4 is 16.1 Å². The standard InChI is InChI=1S/C17H27NO5S/c1-5-15(14-10-7-6-8-11-14)18(16(20)23-17(2,3)4)24(21,22)13-9-12-19/h6-8,10-11,15,19H,5,9,12-13H2,1-4H3/t15-/m1/s1. The van der Waals surface area contributed by atoms with E-state index < -0.39 is 27.8 Å². The molecule has 7 heteroatoms. The van der Waals surface area contributed by atoms with E-state index in [0.29, 0.717) is 6.42 Å². The summed E-state index contributed by atoms with van der Waals surface area (Å²) in [4.78, 5) is 12.6. The number of sulfonamides is 1. The number of aliphatic hydroxyl groups is 1. The van der Waals surface area contributed by atoms with Gasteiger partial charge in [0.15, 0.2) is 0 Å². The molecule has 0 aliphatic carbocycles. The van der Waals surface area contributed by atoms with Crippen molar-refractivity contribution < 1.29 is 23.1 Å². The van der Waals surface area contributed by atoms with Gasteiger partial charge in [-0.05, 0) is 39.2 Å². The van der Waals surface area contributed by atoms with Crippen LogP contribution in [-0.4, -0.2) is 41.9 Å².